The molecule has 0 aliphatic heterocycles. The maximum absolute atomic E-state index is 10.7. The van der Waals surface area contributed by atoms with E-state index in [1.54, 1.807) is 13.8 Å². The third-order valence-electron chi connectivity index (χ3n) is 1.04. The van der Waals surface area contributed by atoms with Gasteiger partial charge < -0.3 is 9.47 Å². The lowest BCUT2D eigenvalue weighted by molar-refractivity contribution is 0.154. The van der Waals surface area contributed by atoms with E-state index in [1.807, 2.05) is 0 Å². The van der Waals surface area contributed by atoms with Gasteiger partial charge in [0.25, 0.3) is 0 Å². The number of amides is 2. The van der Waals surface area contributed by atoms with E-state index in [-0.39, 0.29) is 0 Å². The second-order valence-corrected chi connectivity index (χ2v) is 2.06. The molecule has 80 valence electrons. The molecule has 2 amide bonds. The molecule has 0 heterocycles. The van der Waals surface area contributed by atoms with Crippen LogP contribution in [0.2, 0.25) is 0 Å². The molecule has 0 aromatic rings. The Bertz CT molecular complexity index is 193. The first-order valence-corrected chi connectivity index (χ1v) is 4.22. The zero-order chi connectivity index (χ0) is 10.8. The van der Waals surface area contributed by atoms with Crippen molar-refractivity contribution in [1.82, 2.24) is 10.6 Å². The SMILES string of the molecule is CCOC(=O)NC=CNC(=O)OCC. The molecule has 0 rings (SSSR count). The number of hydrogen-bond donors (Lipinski definition) is 2. The minimum atomic E-state index is -0.575. The van der Waals surface area contributed by atoms with Gasteiger partial charge in [0.05, 0.1) is 13.2 Å². The van der Waals surface area contributed by atoms with Crippen molar-refractivity contribution in [2.45, 2.75) is 13.8 Å². The highest BCUT2D eigenvalue weighted by Gasteiger charge is 1.96. The van der Waals surface area contributed by atoms with Gasteiger partial charge in [-0.05, 0) is 13.8 Å². The molecule has 0 saturated heterocycles. The lowest BCUT2D eigenvalue weighted by Gasteiger charge is -2.00. The molecule has 0 fully saturated rings. The summed E-state index contributed by atoms with van der Waals surface area (Å²) in [6.45, 7) is 3.98. The van der Waals surface area contributed by atoms with Crippen LogP contribution >= 0.6 is 0 Å². The molecule has 0 radical (unpaired) electrons. The van der Waals surface area contributed by atoms with Crippen LogP contribution in [-0.4, -0.2) is 25.4 Å². The topological polar surface area (TPSA) is 76.7 Å². The molecule has 6 heteroatoms. The summed E-state index contributed by atoms with van der Waals surface area (Å²) in [5, 5.41) is 4.54. The molecule has 0 aliphatic carbocycles. The van der Waals surface area contributed by atoms with Crippen molar-refractivity contribution in [3.63, 3.8) is 0 Å². The zero-order valence-electron chi connectivity index (χ0n) is 8.20. The quantitative estimate of drug-likeness (QED) is 0.711. The number of hydrogen-bond acceptors (Lipinski definition) is 4. The largest absolute Gasteiger partial charge is 0.450 e. The average molecular weight is 202 g/mol. The third-order valence-corrected chi connectivity index (χ3v) is 1.04. The van der Waals surface area contributed by atoms with Gasteiger partial charge in [-0.3, -0.25) is 10.6 Å². The summed E-state index contributed by atoms with van der Waals surface area (Å²) in [6.07, 6.45) is 1.34. The predicted molar refractivity (Wildman–Crippen MR) is 49.5 cm³/mol. The van der Waals surface area contributed by atoms with Gasteiger partial charge in [0.15, 0.2) is 0 Å². The van der Waals surface area contributed by atoms with Crippen molar-refractivity contribution in [1.29, 1.82) is 0 Å². The Balaban J connectivity index is 3.53. The van der Waals surface area contributed by atoms with Crippen molar-refractivity contribution in [3.8, 4) is 0 Å². The summed E-state index contributed by atoms with van der Waals surface area (Å²) in [6, 6.07) is 0. The summed E-state index contributed by atoms with van der Waals surface area (Å²) in [5.74, 6) is 0. The van der Waals surface area contributed by atoms with Crippen LogP contribution in [-0.2, 0) is 9.47 Å². The third kappa shape index (κ3) is 6.96. The van der Waals surface area contributed by atoms with E-state index in [0.29, 0.717) is 13.2 Å². The second kappa shape index (κ2) is 7.90. The first-order valence-electron chi connectivity index (χ1n) is 4.22. The second-order valence-electron chi connectivity index (χ2n) is 2.06. The molecule has 0 unspecified atom stereocenters. The monoisotopic (exact) mass is 202 g/mol. The van der Waals surface area contributed by atoms with Crippen molar-refractivity contribution >= 4 is 12.2 Å². The molecule has 0 aromatic carbocycles. The lowest BCUT2D eigenvalue weighted by Crippen LogP contribution is -2.22. The minimum absolute atomic E-state index is 0.297. The van der Waals surface area contributed by atoms with Crippen LogP contribution in [0.1, 0.15) is 13.8 Å². The van der Waals surface area contributed by atoms with E-state index in [9.17, 15) is 9.59 Å². The van der Waals surface area contributed by atoms with Crippen LogP contribution in [0, 0.1) is 0 Å². The van der Waals surface area contributed by atoms with E-state index in [1.165, 1.54) is 12.4 Å². The summed E-state index contributed by atoms with van der Waals surface area (Å²) in [7, 11) is 0. The van der Waals surface area contributed by atoms with Crippen molar-refractivity contribution in [2.75, 3.05) is 13.2 Å². The van der Waals surface area contributed by atoms with Crippen LogP contribution in [0.5, 0.6) is 0 Å². The highest BCUT2D eigenvalue weighted by molar-refractivity contribution is 5.69. The predicted octanol–water partition coefficient (Wildman–Crippen LogP) is 0.950. The Kier molecular flexibility index (Phi) is 6.93. The van der Waals surface area contributed by atoms with Gasteiger partial charge >= 0.3 is 12.2 Å². The fraction of sp³-hybridized carbons (Fsp3) is 0.500. The number of alkyl carbamates (subject to hydrolysis) is 2. The van der Waals surface area contributed by atoms with Crippen LogP contribution < -0.4 is 10.6 Å². The average Bonchev–Trinajstić information content (AvgIpc) is 2.13. The maximum Gasteiger partial charge on any atom is 0.411 e. The smallest absolute Gasteiger partial charge is 0.411 e. The first kappa shape index (κ1) is 12.3. The van der Waals surface area contributed by atoms with Gasteiger partial charge in [-0.2, -0.15) is 0 Å². The molecule has 0 aliphatic rings. The Labute approximate surface area is 82.3 Å². The molecule has 0 spiro atoms. The van der Waals surface area contributed by atoms with E-state index in [4.69, 9.17) is 0 Å². The van der Waals surface area contributed by atoms with Crippen molar-refractivity contribution < 1.29 is 19.1 Å². The Morgan fingerprint density at radius 1 is 1.00 bits per heavy atom. The normalized spacial score (nSPS) is 9.57. The molecule has 0 saturated carbocycles. The standard InChI is InChI=1S/C8H14N2O4/c1-3-13-7(11)9-5-6-10-8(12)14-4-2/h5-6H,3-4H2,1-2H3,(H,9,11)(H,10,12). The number of ether oxygens (including phenoxy) is 2. The Hall–Kier alpha value is -1.72. The molecule has 6 nitrogen and oxygen atoms in total. The van der Waals surface area contributed by atoms with Crippen LogP contribution in [0.4, 0.5) is 9.59 Å². The van der Waals surface area contributed by atoms with Crippen LogP contribution in [0.3, 0.4) is 0 Å². The van der Waals surface area contributed by atoms with Gasteiger partial charge in [-0.1, -0.05) is 0 Å². The lowest BCUT2D eigenvalue weighted by atomic mass is 10.8. The molecular weight excluding hydrogens is 188 g/mol. The maximum atomic E-state index is 10.7. The van der Waals surface area contributed by atoms with Gasteiger partial charge in [-0.25, -0.2) is 9.59 Å². The van der Waals surface area contributed by atoms with Crippen LogP contribution in [0.25, 0.3) is 0 Å². The summed E-state index contributed by atoms with van der Waals surface area (Å²) in [4.78, 5) is 21.4. The minimum Gasteiger partial charge on any atom is -0.450 e. The number of carbonyl (C=O) groups excluding carboxylic acids is 2. The molecular formula is C8H14N2O4. The fourth-order valence-electron chi connectivity index (χ4n) is 0.565. The molecule has 2 N–H and O–H groups in total. The first-order chi connectivity index (χ1) is 6.70. The van der Waals surface area contributed by atoms with E-state index < -0.39 is 12.2 Å². The van der Waals surface area contributed by atoms with Crippen molar-refractivity contribution in [2.24, 2.45) is 0 Å². The highest BCUT2D eigenvalue weighted by Crippen LogP contribution is 1.77. The number of nitrogens with one attached hydrogen (secondary N) is 2. The number of carbonyl (C=O) groups is 2. The fourth-order valence-corrected chi connectivity index (χ4v) is 0.565. The Morgan fingerprint density at radius 2 is 1.36 bits per heavy atom. The summed E-state index contributed by atoms with van der Waals surface area (Å²) < 4.78 is 9.10. The zero-order valence-corrected chi connectivity index (χ0v) is 8.20. The van der Waals surface area contributed by atoms with Crippen LogP contribution in [0.15, 0.2) is 12.4 Å². The van der Waals surface area contributed by atoms with Gasteiger partial charge in [-0.15, -0.1) is 0 Å². The highest BCUT2D eigenvalue weighted by atomic mass is 16.6. The van der Waals surface area contributed by atoms with Crippen molar-refractivity contribution in [3.05, 3.63) is 12.4 Å². The molecule has 0 bridgehead atoms. The molecule has 0 aromatic heterocycles. The summed E-state index contributed by atoms with van der Waals surface area (Å²) >= 11 is 0. The number of rotatable bonds is 4. The van der Waals surface area contributed by atoms with Gasteiger partial charge in [0.1, 0.15) is 0 Å². The molecule has 14 heavy (non-hydrogen) atoms. The molecule has 0 atom stereocenters. The van der Waals surface area contributed by atoms with E-state index in [2.05, 4.69) is 20.1 Å². The Morgan fingerprint density at radius 3 is 1.64 bits per heavy atom. The van der Waals surface area contributed by atoms with Gasteiger partial charge in [0, 0.05) is 12.4 Å². The van der Waals surface area contributed by atoms with Gasteiger partial charge in [0.2, 0.25) is 0 Å². The summed E-state index contributed by atoms with van der Waals surface area (Å²) in [5.41, 5.74) is 0. The van der Waals surface area contributed by atoms with E-state index in [0.717, 1.165) is 0 Å². The van der Waals surface area contributed by atoms with E-state index >= 15 is 0 Å².